The van der Waals surface area contributed by atoms with Crippen LogP contribution in [0.15, 0.2) is 109 Å². The largest absolute Gasteiger partial charge is 0.324 e. The maximum atomic E-state index is 13.3. The lowest BCUT2D eigenvalue weighted by molar-refractivity contribution is -0.117. The van der Waals surface area contributed by atoms with Crippen LogP contribution >= 0.6 is 22.9 Å². The molecule has 0 bridgehead atoms. The van der Waals surface area contributed by atoms with Crippen molar-refractivity contribution >= 4 is 40.7 Å². The van der Waals surface area contributed by atoms with E-state index in [1.165, 1.54) is 11.3 Å². The lowest BCUT2D eigenvalue weighted by atomic mass is 10.2. The van der Waals surface area contributed by atoms with E-state index in [1.54, 1.807) is 27.7 Å². The minimum Gasteiger partial charge on any atom is -0.324 e. The Hall–Kier alpha value is -4.20. The minimum absolute atomic E-state index is 0.130. The summed E-state index contributed by atoms with van der Waals surface area (Å²) >= 11 is 7.59. The Labute approximate surface area is 223 Å². The van der Waals surface area contributed by atoms with E-state index in [2.05, 4.69) is 5.32 Å². The second-order valence-electron chi connectivity index (χ2n) is 8.34. The molecule has 0 saturated heterocycles. The number of amides is 2. The first kappa shape index (κ1) is 24.5. The number of benzene rings is 3. The second kappa shape index (κ2) is 11.2. The second-order valence-corrected chi connectivity index (χ2v) is 9.72. The normalized spacial score (nSPS) is 10.7. The van der Waals surface area contributed by atoms with E-state index in [-0.39, 0.29) is 18.4 Å². The first-order valence-electron chi connectivity index (χ1n) is 11.6. The predicted octanol–water partition coefficient (Wildman–Crippen LogP) is 6.54. The number of carbonyl (C=O) groups excluding carboxylic acids is 2. The Balaban J connectivity index is 1.43. The van der Waals surface area contributed by atoms with Crippen LogP contribution in [0.5, 0.6) is 0 Å². The molecule has 5 rings (SSSR count). The highest BCUT2D eigenvalue weighted by Crippen LogP contribution is 2.26. The molecule has 6 nitrogen and oxygen atoms in total. The molecule has 5 aromatic rings. The van der Waals surface area contributed by atoms with Crippen molar-refractivity contribution in [2.24, 2.45) is 0 Å². The van der Waals surface area contributed by atoms with Crippen molar-refractivity contribution in [2.45, 2.75) is 6.54 Å². The van der Waals surface area contributed by atoms with Gasteiger partial charge in [0.2, 0.25) is 11.9 Å². The lowest BCUT2D eigenvalue weighted by Crippen LogP contribution is -2.37. The molecule has 2 amide bonds. The summed E-state index contributed by atoms with van der Waals surface area (Å²) in [6.07, 6.45) is 1.86. The monoisotopic (exact) mass is 526 g/mol. The molecule has 0 fully saturated rings. The number of aromatic nitrogens is 2. The minimum atomic E-state index is -0.352. The molecule has 184 valence electrons. The molecule has 1 N–H and O–H groups in total. The van der Waals surface area contributed by atoms with Crippen LogP contribution in [0.2, 0.25) is 5.02 Å². The zero-order chi connectivity index (χ0) is 25.6. The average molecular weight is 527 g/mol. The van der Waals surface area contributed by atoms with Crippen molar-refractivity contribution in [1.29, 1.82) is 0 Å². The number of anilines is 1. The summed E-state index contributed by atoms with van der Waals surface area (Å²) in [5.41, 5.74) is 3.31. The molecule has 8 heteroatoms. The average Bonchev–Trinajstić information content (AvgIpc) is 3.60. The standard InChI is InChI=1S/C29H23ClN4O2S/c30-23-13-7-14-24(17-23)34-19-25(22-11-5-2-6-12-22)31-29(34)32-27(35)20-33(18-21-9-3-1-4-10-21)28(36)26-15-8-16-37-26/h1-17,19H,18,20H2,(H,31,32,35). The molecule has 0 unspecified atom stereocenters. The Morgan fingerprint density at radius 1 is 0.919 bits per heavy atom. The zero-order valence-electron chi connectivity index (χ0n) is 19.8. The highest BCUT2D eigenvalue weighted by Gasteiger charge is 2.22. The van der Waals surface area contributed by atoms with Crippen molar-refractivity contribution in [2.75, 3.05) is 11.9 Å². The highest BCUT2D eigenvalue weighted by atomic mass is 35.5. The maximum absolute atomic E-state index is 13.3. The SMILES string of the molecule is O=C(CN(Cc1ccccc1)C(=O)c1cccs1)Nc1nc(-c2ccccc2)cn1-c1cccc(Cl)c1. The molecule has 2 heterocycles. The summed E-state index contributed by atoms with van der Waals surface area (Å²) in [5.74, 6) is -0.208. The van der Waals surface area contributed by atoms with Gasteiger partial charge in [0.05, 0.1) is 10.6 Å². The Bertz CT molecular complexity index is 1500. The first-order valence-corrected chi connectivity index (χ1v) is 12.9. The fourth-order valence-corrected chi connectivity index (χ4v) is 4.81. The molecular formula is C29H23ClN4O2S. The molecule has 0 aliphatic rings. The van der Waals surface area contributed by atoms with E-state index in [1.807, 2.05) is 90.4 Å². The predicted molar refractivity (Wildman–Crippen MR) is 148 cm³/mol. The van der Waals surface area contributed by atoms with Gasteiger partial charge in [-0.2, -0.15) is 0 Å². The van der Waals surface area contributed by atoms with E-state index in [4.69, 9.17) is 16.6 Å². The number of nitrogens with one attached hydrogen (secondary N) is 1. The van der Waals surface area contributed by atoms with Crippen molar-refractivity contribution in [1.82, 2.24) is 14.5 Å². The molecule has 0 spiro atoms. The van der Waals surface area contributed by atoms with Crippen LogP contribution < -0.4 is 5.32 Å². The van der Waals surface area contributed by atoms with Crippen molar-refractivity contribution in [3.8, 4) is 16.9 Å². The van der Waals surface area contributed by atoms with E-state index in [0.717, 1.165) is 16.8 Å². The van der Waals surface area contributed by atoms with Gasteiger partial charge in [-0.05, 0) is 35.2 Å². The van der Waals surface area contributed by atoms with E-state index < -0.39 is 0 Å². The summed E-state index contributed by atoms with van der Waals surface area (Å²) in [6.45, 7) is 0.178. The van der Waals surface area contributed by atoms with Crippen LogP contribution in [0, 0.1) is 0 Å². The molecule has 2 aromatic heterocycles. The van der Waals surface area contributed by atoms with E-state index >= 15 is 0 Å². The molecule has 37 heavy (non-hydrogen) atoms. The Morgan fingerprint density at radius 3 is 2.38 bits per heavy atom. The van der Waals surface area contributed by atoms with Gasteiger partial charge in [0.15, 0.2) is 0 Å². The molecule has 0 saturated carbocycles. The van der Waals surface area contributed by atoms with Gasteiger partial charge in [0.1, 0.15) is 6.54 Å². The summed E-state index contributed by atoms with van der Waals surface area (Å²) in [7, 11) is 0. The summed E-state index contributed by atoms with van der Waals surface area (Å²) in [4.78, 5) is 33.4. The third kappa shape index (κ3) is 5.97. The van der Waals surface area contributed by atoms with Gasteiger partial charge >= 0.3 is 0 Å². The van der Waals surface area contributed by atoms with Crippen LogP contribution in [0.3, 0.4) is 0 Å². The number of carbonyl (C=O) groups is 2. The van der Waals surface area contributed by atoms with Crippen molar-refractivity contribution < 1.29 is 9.59 Å². The van der Waals surface area contributed by atoms with Crippen LogP contribution in [-0.2, 0) is 11.3 Å². The third-order valence-electron chi connectivity index (χ3n) is 5.68. The van der Waals surface area contributed by atoms with Crippen molar-refractivity contribution in [3.05, 3.63) is 124 Å². The molecule has 0 radical (unpaired) electrons. The third-order valence-corrected chi connectivity index (χ3v) is 6.78. The summed E-state index contributed by atoms with van der Waals surface area (Å²) < 4.78 is 1.79. The van der Waals surface area contributed by atoms with Gasteiger partial charge in [-0.25, -0.2) is 4.98 Å². The van der Waals surface area contributed by atoms with Crippen LogP contribution in [0.4, 0.5) is 5.95 Å². The fourth-order valence-electron chi connectivity index (χ4n) is 3.94. The number of thiophene rings is 1. The number of rotatable bonds is 8. The quantitative estimate of drug-likeness (QED) is 0.250. The molecule has 0 atom stereocenters. The van der Waals surface area contributed by atoms with Gasteiger partial charge in [-0.1, -0.05) is 84.4 Å². The fraction of sp³-hybridized carbons (Fsp3) is 0.0690. The lowest BCUT2D eigenvalue weighted by Gasteiger charge is -2.22. The summed E-state index contributed by atoms with van der Waals surface area (Å²) in [6, 6.07) is 30.2. The highest BCUT2D eigenvalue weighted by molar-refractivity contribution is 7.12. The number of hydrogen-bond donors (Lipinski definition) is 1. The van der Waals surface area contributed by atoms with Crippen LogP contribution in [-0.4, -0.2) is 32.8 Å². The van der Waals surface area contributed by atoms with Gasteiger partial charge in [0, 0.05) is 29.0 Å². The Morgan fingerprint density at radius 2 is 1.68 bits per heavy atom. The van der Waals surface area contributed by atoms with Crippen LogP contribution in [0.1, 0.15) is 15.2 Å². The smallest absolute Gasteiger partial charge is 0.264 e. The van der Waals surface area contributed by atoms with Crippen LogP contribution in [0.25, 0.3) is 16.9 Å². The van der Waals surface area contributed by atoms with Gasteiger partial charge in [-0.3, -0.25) is 19.5 Å². The van der Waals surface area contributed by atoms with E-state index in [9.17, 15) is 9.59 Å². The number of nitrogens with zero attached hydrogens (tertiary/aromatic N) is 3. The van der Waals surface area contributed by atoms with Gasteiger partial charge in [0.25, 0.3) is 5.91 Å². The first-order chi connectivity index (χ1) is 18.1. The molecule has 3 aromatic carbocycles. The summed E-state index contributed by atoms with van der Waals surface area (Å²) in [5, 5.41) is 5.33. The topological polar surface area (TPSA) is 67.2 Å². The number of hydrogen-bond acceptors (Lipinski definition) is 4. The van der Waals surface area contributed by atoms with Crippen molar-refractivity contribution in [3.63, 3.8) is 0 Å². The molecule has 0 aliphatic carbocycles. The van der Waals surface area contributed by atoms with Gasteiger partial charge < -0.3 is 4.90 Å². The van der Waals surface area contributed by atoms with Gasteiger partial charge in [-0.15, -0.1) is 11.3 Å². The molecular weight excluding hydrogens is 504 g/mol. The number of imidazole rings is 1. The molecule has 0 aliphatic heterocycles. The maximum Gasteiger partial charge on any atom is 0.264 e. The Kier molecular flexibility index (Phi) is 7.44. The zero-order valence-corrected chi connectivity index (χ0v) is 21.3. The van der Waals surface area contributed by atoms with E-state index in [0.29, 0.717) is 28.1 Å². The number of halogens is 1.